The lowest BCUT2D eigenvalue weighted by Gasteiger charge is -2.05. The van der Waals surface area contributed by atoms with Crippen LogP contribution in [-0.4, -0.2) is 0 Å². The van der Waals surface area contributed by atoms with E-state index in [4.69, 9.17) is 23.2 Å². The summed E-state index contributed by atoms with van der Waals surface area (Å²) >= 11 is 13.7. The molecule has 1 nitrogen and oxygen atoms in total. The second-order valence-electron chi connectivity index (χ2n) is 4.14. The molecule has 0 amide bonds. The Morgan fingerprint density at radius 1 is 1.11 bits per heavy atom. The van der Waals surface area contributed by atoms with Crippen molar-refractivity contribution in [3.63, 3.8) is 0 Å². The van der Waals surface area contributed by atoms with Crippen molar-refractivity contribution in [1.82, 2.24) is 0 Å². The Kier molecular flexibility index (Phi) is 2.81. The smallest absolute Gasteiger partial charge is 0.197 e. The molecule has 0 fully saturated rings. The van der Waals surface area contributed by atoms with E-state index in [1.54, 1.807) is 29.5 Å². The van der Waals surface area contributed by atoms with Crippen LogP contribution in [0.15, 0.2) is 35.1 Å². The minimum atomic E-state index is -0.0240. The molecule has 0 radical (unpaired) electrons. The van der Waals surface area contributed by atoms with E-state index in [1.165, 1.54) is 0 Å². The lowest BCUT2D eigenvalue weighted by molar-refractivity contribution is 1.55. The van der Waals surface area contributed by atoms with E-state index in [1.807, 2.05) is 19.1 Å². The highest BCUT2D eigenvalue weighted by atomic mass is 35.5. The van der Waals surface area contributed by atoms with E-state index in [0.29, 0.717) is 20.8 Å². The maximum absolute atomic E-state index is 12.5. The van der Waals surface area contributed by atoms with Gasteiger partial charge in [0, 0.05) is 19.8 Å². The third kappa shape index (κ3) is 1.72. The van der Waals surface area contributed by atoms with Crippen LogP contribution in [0.5, 0.6) is 0 Å². The van der Waals surface area contributed by atoms with E-state index in [9.17, 15) is 4.79 Å². The zero-order chi connectivity index (χ0) is 12.9. The Labute approximate surface area is 118 Å². The lowest BCUT2D eigenvalue weighted by Crippen LogP contribution is -2.02. The summed E-state index contributed by atoms with van der Waals surface area (Å²) in [7, 11) is 0. The average molecular weight is 295 g/mol. The summed E-state index contributed by atoms with van der Waals surface area (Å²) in [5, 5.41) is 2.42. The molecule has 0 unspecified atom stereocenters. The molecule has 18 heavy (non-hydrogen) atoms. The minimum Gasteiger partial charge on any atom is -0.288 e. The summed E-state index contributed by atoms with van der Waals surface area (Å²) in [4.78, 5) is 12.5. The van der Waals surface area contributed by atoms with Gasteiger partial charge in [-0.3, -0.25) is 4.79 Å². The normalized spacial score (nSPS) is 11.3. The van der Waals surface area contributed by atoms with E-state index < -0.39 is 0 Å². The van der Waals surface area contributed by atoms with Crippen molar-refractivity contribution in [2.75, 3.05) is 0 Å². The van der Waals surface area contributed by atoms with Crippen LogP contribution in [-0.2, 0) is 0 Å². The number of benzene rings is 2. The van der Waals surface area contributed by atoms with Gasteiger partial charge in [0.25, 0.3) is 0 Å². The molecule has 3 rings (SSSR count). The van der Waals surface area contributed by atoms with E-state index >= 15 is 0 Å². The Morgan fingerprint density at radius 2 is 1.89 bits per heavy atom. The van der Waals surface area contributed by atoms with Gasteiger partial charge in [-0.05, 0) is 36.8 Å². The topological polar surface area (TPSA) is 17.1 Å². The number of hydrogen-bond donors (Lipinski definition) is 0. The quantitative estimate of drug-likeness (QED) is 0.532. The summed E-state index contributed by atoms with van der Waals surface area (Å²) in [6.45, 7) is 1.98. The Bertz CT molecular complexity index is 836. The van der Waals surface area contributed by atoms with Crippen molar-refractivity contribution in [3.05, 3.63) is 56.2 Å². The third-order valence-electron chi connectivity index (χ3n) is 2.93. The van der Waals surface area contributed by atoms with Gasteiger partial charge in [0.1, 0.15) is 0 Å². The van der Waals surface area contributed by atoms with Crippen molar-refractivity contribution in [1.29, 1.82) is 0 Å². The van der Waals surface area contributed by atoms with Crippen molar-refractivity contribution in [3.8, 4) is 0 Å². The van der Waals surface area contributed by atoms with Crippen LogP contribution in [0.3, 0.4) is 0 Å². The van der Waals surface area contributed by atoms with Gasteiger partial charge in [0.15, 0.2) is 5.43 Å². The molecular weight excluding hydrogens is 287 g/mol. The molecule has 0 spiro atoms. The van der Waals surface area contributed by atoms with Crippen LogP contribution < -0.4 is 5.43 Å². The van der Waals surface area contributed by atoms with Gasteiger partial charge < -0.3 is 0 Å². The predicted molar refractivity (Wildman–Crippen MR) is 80.4 cm³/mol. The monoisotopic (exact) mass is 294 g/mol. The number of hydrogen-bond acceptors (Lipinski definition) is 2. The Morgan fingerprint density at radius 3 is 2.67 bits per heavy atom. The zero-order valence-corrected chi connectivity index (χ0v) is 11.8. The van der Waals surface area contributed by atoms with Gasteiger partial charge in [0.2, 0.25) is 0 Å². The van der Waals surface area contributed by atoms with Crippen LogP contribution in [0.1, 0.15) is 5.56 Å². The molecule has 0 N–H and O–H groups in total. The van der Waals surface area contributed by atoms with Gasteiger partial charge in [-0.1, -0.05) is 29.3 Å². The highest BCUT2D eigenvalue weighted by Crippen LogP contribution is 2.32. The first-order valence-electron chi connectivity index (χ1n) is 5.39. The summed E-state index contributed by atoms with van der Waals surface area (Å²) in [5.41, 5.74) is 1.03. The first-order valence-corrected chi connectivity index (χ1v) is 6.96. The summed E-state index contributed by atoms with van der Waals surface area (Å²) in [5.74, 6) is 0. The lowest BCUT2D eigenvalue weighted by atomic mass is 10.1. The van der Waals surface area contributed by atoms with Gasteiger partial charge in [-0.15, -0.1) is 11.3 Å². The van der Waals surface area contributed by atoms with Gasteiger partial charge in [-0.25, -0.2) is 0 Å². The fourth-order valence-corrected chi connectivity index (χ4v) is 3.77. The SMILES string of the molecule is Cc1ccc(Cl)c2c(=O)c3ccc(Cl)cc3sc12. The molecule has 0 aliphatic rings. The average Bonchev–Trinajstić information content (AvgIpc) is 2.33. The Balaban J connectivity index is 2.65. The van der Waals surface area contributed by atoms with E-state index in [2.05, 4.69) is 0 Å². The molecular formula is C14H8Cl2OS. The van der Waals surface area contributed by atoms with E-state index in [-0.39, 0.29) is 5.43 Å². The summed E-state index contributed by atoms with van der Waals surface area (Å²) < 4.78 is 1.83. The molecule has 0 bridgehead atoms. The van der Waals surface area contributed by atoms with Crippen molar-refractivity contribution >= 4 is 54.7 Å². The first kappa shape index (κ1) is 12.0. The largest absolute Gasteiger partial charge is 0.288 e. The molecule has 90 valence electrons. The predicted octanol–water partition coefficient (Wildman–Crippen LogP) is 5.03. The Hall–Kier alpha value is -1.09. The minimum absolute atomic E-state index is 0.0240. The van der Waals surface area contributed by atoms with Gasteiger partial charge in [0.05, 0.1) is 10.4 Å². The zero-order valence-electron chi connectivity index (χ0n) is 9.46. The molecule has 0 aliphatic carbocycles. The van der Waals surface area contributed by atoms with E-state index in [0.717, 1.165) is 15.0 Å². The number of halogens is 2. The van der Waals surface area contributed by atoms with Gasteiger partial charge >= 0.3 is 0 Å². The summed E-state index contributed by atoms with van der Waals surface area (Å²) in [6.07, 6.45) is 0. The third-order valence-corrected chi connectivity index (χ3v) is 4.77. The second-order valence-corrected chi connectivity index (χ2v) is 6.04. The highest BCUT2D eigenvalue weighted by Gasteiger charge is 2.11. The van der Waals surface area contributed by atoms with Crippen molar-refractivity contribution in [2.45, 2.75) is 6.92 Å². The van der Waals surface area contributed by atoms with Crippen LogP contribution in [0.25, 0.3) is 20.2 Å². The fourth-order valence-electron chi connectivity index (χ4n) is 2.02. The van der Waals surface area contributed by atoms with Crippen molar-refractivity contribution in [2.24, 2.45) is 0 Å². The molecule has 0 aliphatic heterocycles. The first-order chi connectivity index (χ1) is 8.58. The van der Waals surface area contributed by atoms with Crippen LogP contribution in [0, 0.1) is 6.92 Å². The second kappa shape index (κ2) is 4.23. The molecule has 0 atom stereocenters. The number of aryl methyl sites for hydroxylation is 1. The molecule has 0 saturated heterocycles. The summed E-state index contributed by atoms with van der Waals surface area (Å²) in [6, 6.07) is 9.01. The molecule has 3 aromatic rings. The standard InChI is InChI=1S/C14H8Cl2OS/c1-7-2-5-10(16)12-13(17)9-4-3-8(15)6-11(9)18-14(7)12/h2-6H,1H3. The maximum Gasteiger partial charge on any atom is 0.197 e. The fraction of sp³-hybridized carbons (Fsp3) is 0.0714. The highest BCUT2D eigenvalue weighted by molar-refractivity contribution is 7.24. The van der Waals surface area contributed by atoms with Gasteiger partial charge in [-0.2, -0.15) is 0 Å². The van der Waals surface area contributed by atoms with Crippen molar-refractivity contribution < 1.29 is 0 Å². The molecule has 0 saturated carbocycles. The molecule has 2 aromatic carbocycles. The number of rotatable bonds is 0. The maximum atomic E-state index is 12.5. The van der Waals surface area contributed by atoms with Crippen LogP contribution >= 0.6 is 34.5 Å². The molecule has 4 heteroatoms. The molecule has 1 aromatic heterocycles. The van der Waals surface area contributed by atoms with Crippen LogP contribution in [0.2, 0.25) is 10.0 Å². The van der Waals surface area contributed by atoms with Crippen LogP contribution in [0.4, 0.5) is 0 Å². The number of fused-ring (bicyclic) bond motifs is 2. The molecule has 1 heterocycles.